The van der Waals surface area contributed by atoms with Crippen molar-refractivity contribution in [2.75, 3.05) is 19.7 Å². The fraction of sp³-hybridized carbons (Fsp3) is 0.423. The molecule has 0 saturated carbocycles. The van der Waals surface area contributed by atoms with Gasteiger partial charge in [0.1, 0.15) is 23.9 Å². The highest BCUT2D eigenvalue weighted by Gasteiger charge is 2.23. The summed E-state index contributed by atoms with van der Waals surface area (Å²) in [5.41, 5.74) is 1.28. The Bertz CT molecular complexity index is 892. The fourth-order valence-electron chi connectivity index (χ4n) is 2.67. The second kappa shape index (κ2) is 17.5. The zero-order chi connectivity index (χ0) is 26.1. The molecule has 35 heavy (non-hydrogen) atoms. The summed E-state index contributed by atoms with van der Waals surface area (Å²) in [6.07, 6.45) is 2.90. The number of carbonyl (C=O) groups excluding carboxylic acids is 3. The van der Waals surface area contributed by atoms with Crippen LogP contribution in [0.1, 0.15) is 39.2 Å². The smallest absolute Gasteiger partial charge is 0.243 e. The Labute approximate surface area is 211 Å². The average Bonchev–Trinajstić information content (AvgIpc) is 2.84. The monoisotopic (exact) mass is 505 g/mol. The molecule has 0 bridgehead atoms. The van der Waals surface area contributed by atoms with Gasteiger partial charge in [-0.15, -0.1) is 0 Å². The van der Waals surface area contributed by atoms with Crippen molar-refractivity contribution in [1.29, 1.82) is 0 Å². The molecule has 0 aliphatic heterocycles. The van der Waals surface area contributed by atoms with Gasteiger partial charge in [0, 0.05) is 4.90 Å². The number of aryl methyl sites for hydroxylation is 1. The molecular weight excluding hydrogens is 469 g/mol. The third kappa shape index (κ3) is 13.5. The lowest BCUT2D eigenvalue weighted by Crippen LogP contribution is -2.51. The van der Waals surface area contributed by atoms with Gasteiger partial charge in [0.2, 0.25) is 11.8 Å². The van der Waals surface area contributed by atoms with Crippen LogP contribution in [-0.4, -0.2) is 43.8 Å². The van der Waals surface area contributed by atoms with Gasteiger partial charge in [0.05, 0.1) is 19.7 Å². The number of unbranched alkanes of at least 4 members (excludes halogenated alkanes) is 1. The zero-order valence-electron chi connectivity index (χ0n) is 20.8. The first kappa shape index (κ1) is 30.1. The second-order valence-electron chi connectivity index (χ2n) is 8.09. The van der Waals surface area contributed by atoms with E-state index in [-0.39, 0.29) is 30.7 Å². The number of ether oxygens (including phenoxy) is 1. The van der Waals surface area contributed by atoms with Crippen LogP contribution in [0.2, 0.25) is 0 Å². The number of halogens is 1. The number of rotatable bonds is 13. The van der Waals surface area contributed by atoms with Gasteiger partial charge in [-0.2, -0.15) is 0 Å². The Hall–Kier alpha value is -2.91. The summed E-state index contributed by atoms with van der Waals surface area (Å²) >= 11 is 1.19. The first-order valence-electron chi connectivity index (χ1n) is 11.6. The average molecular weight is 506 g/mol. The largest absolute Gasteiger partial charge is 0.494 e. The van der Waals surface area contributed by atoms with Crippen LogP contribution in [0.25, 0.3) is 0 Å². The van der Waals surface area contributed by atoms with Gasteiger partial charge in [-0.25, -0.2) is 4.39 Å². The summed E-state index contributed by atoms with van der Waals surface area (Å²) in [4.78, 5) is 34.8. The highest BCUT2D eigenvalue weighted by Crippen LogP contribution is 2.14. The number of aldehydes is 1. The topological polar surface area (TPSA) is 96.5 Å². The van der Waals surface area contributed by atoms with E-state index in [2.05, 4.69) is 41.3 Å². The molecule has 7 nitrogen and oxygen atoms in total. The molecule has 0 radical (unpaired) electrons. The van der Waals surface area contributed by atoms with Crippen LogP contribution in [-0.2, 0) is 14.4 Å². The minimum absolute atomic E-state index is 0.00771. The molecule has 3 N–H and O–H groups in total. The van der Waals surface area contributed by atoms with Crippen LogP contribution in [0, 0.1) is 18.7 Å². The molecule has 0 fully saturated rings. The molecular formula is C26H36FN3O4S. The standard InChI is InChI=1S/C15H20FN3O3S.C11H16O/c1-10(2)14(15(22)17-7-8-20)19-13(21)9-18-23-12-5-3-11(16)4-6-12;1-3-4-9-12-11-7-5-10(2)6-8-11/h3-6,8,10,14,18H,7,9H2,1-2H3,(H,17,22)(H,19,21);5-8H,3-4,9H2,1-2H3. The van der Waals surface area contributed by atoms with Crippen molar-refractivity contribution in [3.8, 4) is 5.75 Å². The van der Waals surface area contributed by atoms with E-state index in [1.165, 1.54) is 36.1 Å². The lowest BCUT2D eigenvalue weighted by molar-refractivity contribution is -0.129. The summed E-state index contributed by atoms with van der Waals surface area (Å²) in [6, 6.07) is 13.3. The van der Waals surface area contributed by atoms with Crippen LogP contribution >= 0.6 is 11.9 Å². The van der Waals surface area contributed by atoms with Gasteiger partial charge in [-0.05, 0) is 67.6 Å². The normalized spacial score (nSPS) is 11.1. The Kier molecular flexibility index (Phi) is 15.1. The molecule has 2 aromatic rings. The van der Waals surface area contributed by atoms with Crippen molar-refractivity contribution < 1.29 is 23.5 Å². The third-order valence-electron chi connectivity index (χ3n) is 4.65. The molecule has 192 valence electrons. The van der Waals surface area contributed by atoms with E-state index >= 15 is 0 Å². The van der Waals surface area contributed by atoms with E-state index in [9.17, 15) is 18.8 Å². The minimum Gasteiger partial charge on any atom is -0.494 e. The predicted octanol–water partition coefficient (Wildman–Crippen LogP) is 4.05. The van der Waals surface area contributed by atoms with Crippen LogP contribution in [0.3, 0.4) is 0 Å². The quantitative estimate of drug-likeness (QED) is 0.216. The van der Waals surface area contributed by atoms with Crippen LogP contribution in [0.5, 0.6) is 5.75 Å². The van der Waals surface area contributed by atoms with Gasteiger partial charge < -0.3 is 20.2 Å². The summed E-state index contributed by atoms with van der Waals surface area (Å²) in [5, 5.41) is 5.04. The lowest BCUT2D eigenvalue weighted by atomic mass is 10.0. The first-order valence-corrected chi connectivity index (χ1v) is 12.4. The van der Waals surface area contributed by atoms with E-state index in [4.69, 9.17) is 4.74 Å². The number of carbonyl (C=O) groups is 3. The van der Waals surface area contributed by atoms with E-state index in [1.54, 1.807) is 26.0 Å². The third-order valence-corrected chi connectivity index (χ3v) is 5.45. The van der Waals surface area contributed by atoms with E-state index in [0.29, 0.717) is 6.29 Å². The van der Waals surface area contributed by atoms with Gasteiger partial charge in [-0.1, -0.05) is 44.9 Å². The van der Waals surface area contributed by atoms with Gasteiger partial charge in [0.15, 0.2) is 0 Å². The van der Waals surface area contributed by atoms with Crippen molar-refractivity contribution >= 4 is 30.0 Å². The van der Waals surface area contributed by atoms with Crippen molar-refractivity contribution in [3.05, 3.63) is 59.9 Å². The molecule has 0 heterocycles. The molecule has 0 aliphatic rings. The molecule has 0 aromatic heterocycles. The van der Waals surface area contributed by atoms with Crippen LogP contribution < -0.4 is 20.1 Å². The lowest BCUT2D eigenvalue weighted by Gasteiger charge is -2.21. The fourth-order valence-corrected chi connectivity index (χ4v) is 3.31. The highest BCUT2D eigenvalue weighted by atomic mass is 32.2. The predicted molar refractivity (Wildman–Crippen MR) is 138 cm³/mol. The van der Waals surface area contributed by atoms with E-state index in [0.717, 1.165) is 23.7 Å². The van der Waals surface area contributed by atoms with Gasteiger partial charge >= 0.3 is 0 Å². The van der Waals surface area contributed by atoms with Gasteiger partial charge in [-0.3, -0.25) is 14.3 Å². The maximum absolute atomic E-state index is 12.8. The Morgan fingerprint density at radius 3 is 2.31 bits per heavy atom. The first-order chi connectivity index (χ1) is 16.8. The molecule has 1 atom stereocenters. The molecule has 0 spiro atoms. The van der Waals surface area contributed by atoms with Gasteiger partial charge in [0.25, 0.3) is 0 Å². The summed E-state index contributed by atoms with van der Waals surface area (Å²) < 4.78 is 21.1. The van der Waals surface area contributed by atoms with Crippen molar-refractivity contribution in [1.82, 2.24) is 15.4 Å². The summed E-state index contributed by atoms with van der Waals surface area (Å²) in [5.74, 6) is -0.205. The maximum Gasteiger partial charge on any atom is 0.243 e. The van der Waals surface area contributed by atoms with Crippen molar-refractivity contribution in [2.24, 2.45) is 5.92 Å². The number of benzene rings is 2. The Balaban J connectivity index is 0.000000427. The molecule has 0 saturated heterocycles. The minimum atomic E-state index is -0.708. The summed E-state index contributed by atoms with van der Waals surface area (Å²) in [6.45, 7) is 8.58. The number of hydrogen-bond acceptors (Lipinski definition) is 6. The molecule has 0 aliphatic carbocycles. The molecule has 2 aromatic carbocycles. The van der Waals surface area contributed by atoms with Crippen molar-refractivity contribution in [2.45, 2.75) is 51.5 Å². The van der Waals surface area contributed by atoms with E-state index in [1.807, 2.05) is 12.1 Å². The molecule has 2 amide bonds. The second-order valence-corrected chi connectivity index (χ2v) is 9.06. The zero-order valence-corrected chi connectivity index (χ0v) is 21.6. The maximum atomic E-state index is 12.8. The number of nitrogens with one attached hydrogen (secondary N) is 3. The molecule has 2 rings (SSSR count). The van der Waals surface area contributed by atoms with Crippen LogP contribution in [0.4, 0.5) is 4.39 Å². The molecule has 9 heteroatoms. The number of amides is 2. The SMILES string of the molecule is CC(C)C(NC(=O)CNSc1ccc(F)cc1)C(=O)NCC=O.CCCCOc1ccc(C)cc1. The highest BCUT2D eigenvalue weighted by molar-refractivity contribution is 7.97. The van der Waals surface area contributed by atoms with Crippen molar-refractivity contribution in [3.63, 3.8) is 0 Å². The summed E-state index contributed by atoms with van der Waals surface area (Å²) in [7, 11) is 0. The van der Waals surface area contributed by atoms with E-state index < -0.39 is 11.9 Å². The molecule has 1 unspecified atom stereocenters. The Morgan fingerprint density at radius 2 is 1.74 bits per heavy atom. The number of hydrogen-bond donors (Lipinski definition) is 3. The van der Waals surface area contributed by atoms with Crippen LogP contribution in [0.15, 0.2) is 53.4 Å². The Morgan fingerprint density at radius 1 is 1.09 bits per heavy atom.